The molecule has 2 heterocycles. The Bertz CT molecular complexity index is 429. The summed E-state index contributed by atoms with van der Waals surface area (Å²) in [5.74, 6) is 0.604. The van der Waals surface area contributed by atoms with Crippen molar-refractivity contribution in [2.24, 2.45) is 0 Å². The van der Waals surface area contributed by atoms with Crippen molar-refractivity contribution in [1.29, 1.82) is 0 Å². The maximum absolute atomic E-state index is 11.4. The van der Waals surface area contributed by atoms with Crippen LogP contribution >= 0.6 is 0 Å². The van der Waals surface area contributed by atoms with Gasteiger partial charge in [-0.25, -0.2) is 0 Å². The SMILES string of the molecule is CNC(=O)c1ccc(N2CCNC(C)(C)C2)nn1. The van der Waals surface area contributed by atoms with E-state index in [9.17, 15) is 4.79 Å². The highest BCUT2D eigenvalue weighted by atomic mass is 16.1. The molecule has 1 fully saturated rings. The summed E-state index contributed by atoms with van der Waals surface area (Å²) in [6.07, 6.45) is 0. The Morgan fingerprint density at radius 1 is 1.44 bits per heavy atom. The molecule has 0 aliphatic carbocycles. The highest BCUT2D eigenvalue weighted by Gasteiger charge is 2.26. The van der Waals surface area contributed by atoms with Crippen molar-refractivity contribution < 1.29 is 4.79 Å². The van der Waals surface area contributed by atoms with E-state index in [-0.39, 0.29) is 11.4 Å². The Labute approximate surface area is 107 Å². The molecule has 6 heteroatoms. The molecule has 6 nitrogen and oxygen atoms in total. The van der Waals surface area contributed by atoms with Crippen molar-refractivity contribution >= 4 is 11.7 Å². The van der Waals surface area contributed by atoms with Gasteiger partial charge in [-0.1, -0.05) is 0 Å². The molecule has 1 aliphatic heterocycles. The Balaban J connectivity index is 2.12. The van der Waals surface area contributed by atoms with Crippen LogP contribution < -0.4 is 15.5 Å². The van der Waals surface area contributed by atoms with Crippen molar-refractivity contribution in [2.75, 3.05) is 31.6 Å². The number of aromatic nitrogens is 2. The molecule has 1 aromatic rings. The molecule has 1 aromatic heterocycles. The molecule has 2 N–H and O–H groups in total. The molecular weight excluding hydrogens is 230 g/mol. The summed E-state index contributed by atoms with van der Waals surface area (Å²) >= 11 is 0. The molecule has 98 valence electrons. The van der Waals surface area contributed by atoms with Crippen molar-refractivity contribution in [3.8, 4) is 0 Å². The number of amides is 1. The van der Waals surface area contributed by atoms with Crippen LogP contribution in [0.25, 0.3) is 0 Å². The predicted molar refractivity (Wildman–Crippen MR) is 69.7 cm³/mol. The number of carbonyl (C=O) groups is 1. The molecule has 0 unspecified atom stereocenters. The van der Waals surface area contributed by atoms with Gasteiger partial charge in [-0.05, 0) is 26.0 Å². The fourth-order valence-electron chi connectivity index (χ4n) is 2.08. The summed E-state index contributed by atoms with van der Waals surface area (Å²) in [5, 5.41) is 14.0. The largest absolute Gasteiger partial charge is 0.354 e. The first-order valence-corrected chi connectivity index (χ1v) is 6.08. The lowest BCUT2D eigenvalue weighted by atomic mass is 10.0. The summed E-state index contributed by atoms with van der Waals surface area (Å²) in [6.45, 7) is 7.02. The average Bonchev–Trinajstić information content (AvgIpc) is 2.37. The van der Waals surface area contributed by atoms with E-state index in [4.69, 9.17) is 0 Å². The molecular formula is C12H19N5O. The zero-order chi connectivity index (χ0) is 13.2. The third-order valence-electron chi connectivity index (χ3n) is 3.01. The number of hydrogen-bond donors (Lipinski definition) is 2. The van der Waals surface area contributed by atoms with E-state index in [1.807, 2.05) is 6.07 Å². The average molecular weight is 249 g/mol. The van der Waals surface area contributed by atoms with Crippen molar-refractivity contribution in [1.82, 2.24) is 20.8 Å². The van der Waals surface area contributed by atoms with Crippen LogP contribution in [0.4, 0.5) is 5.82 Å². The Morgan fingerprint density at radius 3 is 2.78 bits per heavy atom. The van der Waals surface area contributed by atoms with Crippen molar-refractivity contribution in [3.05, 3.63) is 17.8 Å². The molecule has 0 radical (unpaired) electrons. The van der Waals surface area contributed by atoms with E-state index in [1.54, 1.807) is 13.1 Å². The van der Waals surface area contributed by atoms with E-state index in [2.05, 4.69) is 39.6 Å². The predicted octanol–water partition coefficient (Wildman–Crippen LogP) is 0.0244. The lowest BCUT2D eigenvalue weighted by molar-refractivity contribution is 0.0957. The zero-order valence-electron chi connectivity index (χ0n) is 11.0. The topological polar surface area (TPSA) is 70.2 Å². The summed E-state index contributed by atoms with van der Waals surface area (Å²) in [7, 11) is 1.58. The van der Waals surface area contributed by atoms with Gasteiger partial charge in [-0.15, -0.1) is 10.2 Å². The maximum atomic E-state index is 11.4. The lowest BCUT2D eigenvalue weighted by Crippen LogP contribution is -2.57. The third-order valence-corrected chi connectivity index (χ3v) is 3.01. The molecule has 0 saturated carbocycles. The number of hydrogen-bond acceptors (Lipinski definition) is 5. The molecule has 1 aliphatic rings. The number of carbonyl (C=O) groups excluding carboxylic acids is 1. The molecule has 18 heavy (non-hydrogen) atoms. The van der Waals surface area contributed by atoms with Crippen LogP contribution in [0.5, 0.6) is 0 Å². The van der Waals surface area contributed by atoms with E-state index in [0.717, 1.165) is 25.5 Å². The van der Waals surface area contributed by atoms with Crippen LogP contribution in [0, 0.1) is 0 Å². The van der Waals surface area contributed by atoms with Gasteiger partial charge in [0.05, 0.1) is 0 Å². The fraction of sp³-hybridized carbons (Fsp3) is 0.583. The van der Waals surface area contributed by atoms with Crippen LogP contribution in [0.1, 0.15) is 24.3 Å². The molecule has 1 saturated heterocycles. The molecule has 2 rings (SSSR count). The monoisotopic (exact) mass is 249 g/mol. The van der Waals surface area contributed by atoms with Gasteiger partial charge >= 0.3 is 0 Å². The zero-order valence-corrected chi connectivity index (χ0v) is 11.0. The van der Waals surface area contributed by atoms with Crippen LogP contribution in [0.2, 0.25) is 0 Å². The molecule has 0 bridgehead atoms. The second-order valence-corrected chi connectivity index (χ2v) is 5.09. The summed E-state index contributed by atoms with van der Waals surface area (Å²) in [5.41, 5.74) is 0.412. The van der Waals surface area contributed by atoms with E-state index >= 15 is 0 Å². The second kappa shape index (κ2) is 4.89. The third kappa shape index (κ3) is 2.76. The van der Waals surface area contributed by atoms with Gasteiger partial charge in [0.15, 0.2) is 11.5 Å². The first-order valence-electron chi connectivity index (χ1n) is 6.08. The minimum absolute atomic E-state index is 0.0688. The van der Waals surface area contributed by atoms with Crippen molar-refractivity contribution in [3.63, 3.8) is 0 Å². The number of rotatable bonds is 2. The highest BCUT2D eigenvalue weighted by Crippen LogP contribution is 2.16. The number of piperazine rings is 1. The maximum Gasteiger partial charge on any atom is 0.271 e. The Morgan fingerprint density at radius 2 is 2.22 bits per heavy atom. The highest BCUT2D eigenvalue weighted by molar-refractivity contribution is 5.91. The Kier molecular flexibility index (Phi) is 3.47. The molecule has 0 spiro atoms. The second-order valence-electron chi connectivity index (χ2n) is 5.09. The molecule has 1 amide bonds. The number of anilines is 1. The first-order chi connectivity index (χ1) is 8.52. The standard InChI is InChI=1S/C12H19N5O/c1-12(2)8-17(7-6-14-12)10-5-4-9(15-16-10)11(18)13-3/h4-5,14H,6-8H2,1-3H3,(H,13,18). The Hall–Kier alpha value is -1.69. The minimum Gasteiger partial charge on any atom is -0.354 e. The first kappa shape index (κ1) is 12.8. The summed E-state index contributed by atoms with van der Waals surface area (Å²) in [6, 6.07) is 3.55. The minimum atomic E-state index is -0.213. The fourth-order valence-corrected chi connectivity index (χ4v) is 2.08. The van der Waals surface area contributed by atoms with E-state index < -0.39 is 0 Å². The summed E-state index contributed by atoms with van der Waals surface area (Å²) in [4.78, 5) is 13.5. The van der Waals surface area contributed by atoms with E-state index in [1.165, 1.54) is 0 Å². The molecule has 0 atom stereocenters. The van der Waals surface area contributed by atoms with Gasteiger partial charge in [0.1, 0.15) is 0 Å². The van der Waals surface area contributed by atoms with Crippen LogP contribution in [-0.4, -0.2) is 48.3 Å². The smallest absolute Gasteiger partial charge is 0.271 e. The van der Waals surface area contributed by atoms with Gasteiger partial charge in [0.2, 0.25) is 0 Å². The lowest BCUT2D eigenvalue weighted by Gasteiger charge is -2.39. The van der Waals surface area contributed by atoms with Gasteiger partial charge in [-0.3, -0.25) is 4.79 Å². The van der Waals surface area contributed by atoms with Crippen LogP contribution in [0.15, 0.2) is 12.1 Å². The van der Waals surface area contributed by atoms with Gasteiger partial charge < -0.3 is 15.5 Å². The van der Waals surface area contributed by atoms with E-state index in [0.29, 0.717) is 5.69 Å². The van der Waals surface area contributed by atoms with Gasteiger partial charge in [0.25, 0.3) is 5.91 Å². The van der Waals surface area contributed by atoms with Crippen molar-refractivity contribution in [2.45, 2.75) is 19.4 Å². The van der Waals surface area contributed by atoms with Gasteiger partial charge in [-0.2, -0.15) is 0 Å². The normalized spacial score (nSPS) is 18.5. The van der Waals surface area contributed by atoms with Gasteiger partial charge in [0, 0.05) is 32.2 Å². The summed E-state index contributed by atoms with van der Waals surface area (Å²) < 4.78 is 0. The van der Waals surface area contributed by atoms with Crippen LogP contribution in [-0.2, 0) is 0 Å². The molecule has 0 aromatic carbocycles. The quantitative estimate of drug-likeness (QED) is 0.773. The number of nitrogens with one attached hydrogen (secondary N) is 2. The number of nitrogens with zero attached hydrogens (tertiary/aromatic N) is 3. The van der Waals surface area contributed by atoms with Crippen LogP contribution in [0.3, 0.4) is 0 Å².